The maximum atomic E-state index is 12.7. The number of nitrogens with zero attached hydrogens (tertiary/aromatic N) is 6. The minimum absolute atomic E-state index is 0.167. The van der Waals surface area contributed by atoms with Gasteiger partial charge in [0.2, 0.25) is 5.82 Å². The van der Waals surface area contributed by atoms with Gasteiger partial charge in [-0.2, -0.15) is 10.1 Å². The predicted molar refractivity (Wildman–Crippen MR) is 101 cm³/mol. The van der Waals surface area contributed by atoms with Crippen LogP contribution in [0.25, 0.3) is 33.9 Å². The summed E-state index contributed by atoms with van der Waals surface area (Å²) < 4.78 is 32.8. The second-order valence-corrected chi connectivity index (χ2v) is 7.48. The molecule has 0 atom stereocenters. The molecule has 9 heteroatoms. The van der Waals surface area contributed by atoms with Gasteiger partial charge in [-0.15, -0.1) is 0 Å². The number of halogens is 2. The van der Waals surface area contributed by atoms with Crippen molar-refractivity contribution in [3.63, 3.8) is 0 Å². The van der Waals surface area contributed by atoms with E-state index in [1.54, 1.807) is 6.20 Å². The number of rotatable bonds is 5. The Morgan fingerprint density at radius 3 is 2.62 bits per heavy atom. The molecule has 5 rings (SSSR count). The second-order valence-electron chi connectivity index (χ2n) is 7.48. The fourth-order valence-corrected chi connectivity index (χ4v) is 3.30. The molecule has 4 heterocycles. The number of aromatic nitrogens is 6. The van der Waals surface area contributed by atoms with E-state index in [9.17, 15) is 8.78 Å². The summed E-state index contributed by atoms with van der Waals surface area (Å²) in [7, 11) is 0. The number of hydrogen-bond donors (Lipinski definition) is 0. The molecule has 0 unspecified atom stereocenters. The summed E-state index contributed by atoms with van der Waals surface area (Å²) in [5, 5.41) is 9.33. The monoisotopic (exact) mass is 396 g/mol. The summed E-state index contributed by atoms with van der Waals surface area (Å²) >= 11 is 0. The smallest absolute Gasteiger partial charge is 0.280 e. The second kappa shape index (κ2) is 6.68. The molecule has 0 aromatic carbocycles. The van der Waals surface area contributed by atoms with E-state index in [2.05, 4.69) is 34.1 Å². The van der Waals surface area contributed by atoms with Gasteiger partial charge in [0.15, 0.2) is 5.65 Å². The summed E-state index contributed by atoms with van der Waals surface area (Å²) in [5.74, 6) is 1.08. The third kappa shape index (κ3) is 3.16. The van der Waals surface area contributed by atoms with Gasteiger partial charge in [-0.05, 0) is 44.9 Å². The van der Waals surface area contributed by atoms with Crippen molar-refractivity contribution < 1.29 is 13.3 Å². The highest BCUT2D eigenvalue weighted by atomic mass is 19.3. The molecule has 0 amide bonds. The lowest BCUT2D eigenvalue weighted by molar-refractivity contribution is 0.146. The van der Waals surface area contributed by atoms with Crippen LogP contribution in [0, 0.1) is 0 Å². The number of pyridine rings is 2. The molecule has 7 nitrogen and oxygen atoms in total. The molecule has 1 aliphatic carbocycles. The third-order valence-corrected chi connectivity index (χ3v) is 5.00. The van der Waals surface area contributed by atoms with E-state index in [0.717, 1.165) is 35.1 Å². The van der Waals surface area contributed by atoms with Gasteiger partial charge in [0.25, 0.3) is 12.3 Å². The molecule has 4 aromatic heterocycles. The third-order valence-electron chi connectivity index (χ3n) is 5.00. The molecule has 0 N–H and O–H groups in total. The van der Waals surface area contributed by atoms with E-state index < -0.39 is 6.43 Å². The highest BCUT2D eigenvalue weighted by Gasteiger charge is 2.28. The topological polar surface area (TPSA) is 82.5 Å². The first-order valence-corrected chi connectivity index (χ1v) is 9.48. The van der Waals surface area contributed by atoms with Crippen molar-refractivity contribution >= 4 is 11.0 Å². The molecule has 29 heavy (non-hydrogen) atoms. The van der Waals surface area contributed by atoms with Crippen molar-refractivity contribution in [3.8, 4) is 22.8 Å². The van der Waals surface area contributed by atoms with Crippen LogP contribution in [0.5, 0.6) is 0 Å². The highest BCUT2D eigenvalue weighted by molar-refractivity contribution is 5.90. The highest BCUT2D eigenvalue weighted by Crippen LogP contribution is 2.42. The van der Waals surface area contributed by atoms with Gasteiger partial charge < -0.3 is 4.52 Å². The molecule has 0 aliphatic heterocycles. The van der Waals surface area contributed by atoms with Gasteiger partial charge in [0.05, 0.1) is 17.1 Å². The Labute approximate surface area is 164 Å². The Kier molecular flexibility index (Phi) is 4.11. The van der Waals surface area contributed by atoms with Crippen LogP contribution in [-0.2, 0) is 0 Å². The van der Waals surface area contributed by atoms with E-state index in [1.165, 1.54) is 18.3 Å². The maximum absolute atomic E-state index is 12.7. The minimum atomic E-state index is -2.62. The number of hydrogen-bond acceptors (Lipinski definition) is 6. The normalized spacial score (nSPS) is 14.4. The lowest BCUT2D eigenvalue weighted by Gasteiger charge is -2.08. The van der Waals surface area contributed by atoms with Crippen molar-refractivity contribution in [2.24, 2.45) is 0 Å². The van der Waals surface area contributed by atoms with E-state index in [-0.39, 0.29) is 11.7 Å². The molecule has 4 aromatic rings. The van der Waals surface area contributed by atoms with Crippen LogP contribution < -0.4 is 0 Å². The first kappa shape index (κ1) is 17.8. The van der Waals surface area contributed by atoms with Crippen LogP contribution in [0.3, 0.4) is 0 Å². The fourth-order valence-electron chi connectivity index (χ4n) is 3.30. The summed E-state index contributed by atoms with van der Waals surface area (Å²) in [6, 6.07) is 4.93. The molecular formula is C20H18F2N6O. The zero-order valence-electron chi connectivity index (χ0n) is 15.9. The number of alkyl halides is 2. The average Bonchev–Trinajstić information content (AvgIpc) is 3.28. The standard InChI is InChI=1S/C20H18F2N6O/c1-10(2)28-19-14(9-24-28)13(7-16(25-19)11-3-4-11)20-26-18(27-29-20)12-5-6-15(17(21)22)23-8-12/h5-11,17H,3-4H2,1-2H3. The summed E-state index contributed by atoms with van der Waals surface area (Å²) in [4.78, 5) is 13.1. The van der Waals surface area contributed by atoms with Crippen molar-refractivity contribution in [3.05, 3.63) is 42.0 Å². The Morgan fingerprint density at radius 1 is 1.14 bits per heavy atom. The fraction of sp³-hybridized carbons (Fsp3) is 0.350. The van der Waals surface area contributed by atoms with Gasteiger partial charge in [-0.25, -0.2) is 18.4 Å². The Balaban J connectivity index is 1.59. The lowest BCUT2D eigenvalue weighted by Crippen LogP contribution is -2.04. The van der Waals surface area contributed by atoms with Crippen molar-refractivity contribution in [2.45, 2.75) is 45.1 Å². The molecule has 0 saturated heterocycles. The van der Waals surface area contributed by atoms with E-state index in [1.807, 2.05) is 10.7 Å². The first-order chi connectivity index (χ1) is 14.0. The van der Waals surface area contributed by atoms with Crippen molar-refractivity contribution in [1.29, 1.82) is 0 Å². The molecule has 0 bridgehead atoms. The van der Waals surface area contributed by atoms with Gasteiger partial charge >= 0.3 is 0 Å². The van der Waals surface area contributed by atoms with Gasteiger partial charge in [-0.3, -0.25) is 4.98 Å². The molecule has 1 saturated carbocycles. The van der Waals surface area contributed by atoms with Crippen molar-refractivity contribution in [2.75, 3.05) is 0 Å². The maximum Gasteiger partial charge on any atom is 0.280 e. The van der Waals surface area contributed by atoms with Crippen LogP contribution >= 0.6 is 0 Å². The van der Waals surface area contributed by atoms with Crippen LogP contribution in [0.15, 0.2) is 35.1 Å². The van der Waals surface area contributed by atoms with Gasteiger partial charge in [-0.1, -0.05) is 5.16 Å². The van der Waals surface area contributed by atoms with Gasteiger partial charge in [0.1, 0.15) is 5.69 Å². The first-order valence-electron chi connectivity index (χ1n) is 9.48. The summed E-state index contributed by atoms with van der Waals surface area (Å²) in [6.45, 7) is 4.11. The van der Waals surface area contributed by atoms with Crippen LogP contribution in [-0.4, -0.2) is 29.9 Å². The Morgan fingerprint density at radius 2 is 1.97 bits per heavy atom. The Bertz CT molecular complexity index is 1180. The quantitative estimate of drug-likeness (QED) is 0.475. The molecule has 0 spiro atoms. The zero-order chi connectivity index (χ0) is 20.1. The van der Waals surface area contributed by atoms with E-state index in [0.29, 0.717) is 23.2 Å². The molecular weight excluding hydrogens is 378 g/mol. The molecule has 1 fully saturated rings. The largest absolute Gasteiger partial charge is 0.334 e. The van der Waals surface area contributed by atoms with Gasteiger partial charge in [0, 0.05) is 29.4 Å². The predicted octanol–water partition coefficient (Wildman–Crippen LogP) is 4.94. The molecule has 148 valence electrons. The Hall–Kier alpha value is -3.23. The van der Waals surface area contributed by atoms with E-state index >= 15 is 0 Å². The number of fused-ring (bicyclic) bond motifs is 1. The molecule has 0 radical (unpaired) electrons. The van der Waals surface area contributed by atoms with Crippen molar-refractivity contribution in [1.82, 2.24) is 29.9 Å². The van der Waals surface area contributed by atoms with Crippen LogP contribution in [0.1, 0.15) is 56.5 Å². The lowest BCUT2D eigenvalue weighted by atomic mass is 10.1. The van der Waals surface area contributed by atoms with Crippen LogP contribution in [0.2, 0.25) is 0 Å². The summed E-state index contributed by atoms with van der Waals surface area (Å²) in [5.41, 5.74) is 2.79. The van der Waals surface area contributed by atoms with E-state index in [4.69, 9.17) is 9.51 Å². The minimum Gasteiger partial charge on any atom is -0.334 e. The molecule has 1 aliphatic rings. The SMILES string of the molecule is CC(C)n1ncc2c(-c3nc(-c4ccc(C(F)F)nc4)no3)cc(C3CC3)nc21. The zero-order valence-corrected chi connectivity index (χ0v) is 15.9. The average molecular weight is 396 g/mol. The van der Waals surface area contributed by atoms with Crippen LogP contribution in [0.4, 0.5) is 8.78 Å². The summed E-state index contributed by atoms with van der Waals surface area (Å²) in [6.07, 6.45) is 2.70.